The van der Waals surface area contributed by atoms with Crippen LogP contribution in [0.4, 0.5) is 13.9 Å². The summed E-state index contributed by atoms with van der Waals surface area (Å²) < 4.78 is 34.0. The molecule has 7 nitrogen and oxygen atoms in total. The number of anilines is 1. The number of aliphatic hydroxyl groups is 1. The number of halogens is 3. The van der Waals surface area contributed by atoms with Crippen LogP contribution in [0.2, 0.25) is 5.02 Å². The molecule has 0 saturated carbocycles. The summed E-state index contributed by atoms with van der Waals surface area (Å²) in [6.45, 7) is 0. The first-order valence-electron chi connectivity index (χ1n) is 10.8. The molecule has 1 aliphatic heterocycles. The number of furan rings is 1. The highest BCUT2D eigenvalue weighted by atomic mass is 35.5. The summed E-state index contributed by atoms with van der Waals surface area (Å²) in [5.41, 5.74) is 0.265. The number of aliphatic hydroxyl groups excluding tert-OH is 1. The highest BCUT2D eigenvalue weighted by Gasteiger charge is 2.46. The van der Waals surface area contributed by atoms with E-state index in [0.29, 0.717) is 27.6 Å². The molecule has 1 aliphatic rings. The minimum atomic E-state index is -1.20. The lowest BCUT2D eigenvalue weighted by Crippen LogP contribution is -2.30. The summed E-state index contributed by atoms with van der Waals surface area (Å²) in [5.74, 6) is -4.50. The van der Waals surface area contributed by atoms with Crippen molar-refractivity contribution >= 4 is 60.9 Å². The van der Waals surface area contributed by atoms with Crippen LogP contribution in [-0.2, 0) is 4.79 Å². The third-order valence-electron chi connectivity index (χ3n) is 5.97. The summed E-state index contributed by atoms with van der Waals surface area (Å²) in [4.78, 5) is 32.2. The monoisotopic (exact) mass is 538 g/mol. The van der Waals surface area contributed by atoms with E-state index >= 15 is 0 Å². The Morgan fingerprint density at radius 2 is 1.81 bits per heavy atom. The lowest BCUT2D eigenvalue weighted by Gasteiger charge is -2.24. The minimum Gasteiger partial charge on any atom is -0.508 e. The molecule has 6 rings (SSSR count). The van der Waals surface area contributed by atoms with Gasteiger partial charge in [0.2, 0.25) is 5.78 Å². The van der Waals surface area contributed by atoms with E-state index < -0.39 is 35.1 Å². The van der Waals surface area contributed by atoms with Crippen LogP contribution in [0.5, 0.6) is 5.75 Å². The van der Waals surface area contributed by atoms with Crippen molar-refractivity contribution in [1.82, 2.24) is 4.98 Å². The molecule has 0 radical (unpaired) electrons. The third kappa shape index (κ3) is 3.73. The number of thiazole rings is 1. The van der Waals surface area contributed by atoms with Gasteiger partial charge in [0.05, 0.1) is 16.3 Å². The van der Waals surface area contributed by atoms with E-state index in [2.05, 4.69) is 4.98 Å². The first-order chi connectivity index (χ1) is 17.7. The second-order valence-electron chi connectivity index (χ2n) is 8.28. The standard InChI is InChI=1S/C26H13ClF2N2O5S/c27-13-3-6-17-12(7-13)8-18(36-17)23(33)20-22(11-1-4-15(32)5-2-11)31(25(35)24(20)34)26-30-21-16(29)9-14(28)10-19(21)37-26/h1-10,22,32,34H. The van der Waals surface area contributed by atoms with E-state index in [4.69, 9.17) is 16.0 Å². The first kappa shape index (κ1) is 23.1. The summed E-state index contributed by atoms with van der Waals surface area (Å²) in [5, 5.41) is 21.6. The number of amides is 1. The number of carbonyl (C=O) groups excluding carboxylic acids is 2. The maximum Gasteiger partial charge on any atom is 0.296 e. The molecule has 0 fully saturated rings. The van der Waals surface area contributed by atoms with E-state index in [1.54, 1.807) is 18.2 Å². The second-order valence-corrected chi connectivity index (χ2v) is 9.73. The minimum absolute atomic E-state index is 0.0617. The lowest BCUT2D eigenvalue weighted by atomic mass is 9.95. The van der Waals surface area contributed by atoms with Crippen molar-refractivity contribution in [2.24, 2.45) is 0 Å². The Morgan fingerprint density at radius 1 is 1.05 bits per heavy atom. The van der Waals surface area contributed by atoms with Crippen LogP contribution < -0.4 is 4.90 Å². The van der Waals surface area contributed by atoms with E-state index in [0.717, 1.165) is 22.3 Å². The van der Waals surface area contributed by atoms with Crippen LogP contribution in [0.1, 0.15) is 22.2 Å². The van der Waals surface area contributed by atoms with Crippen LogP contribution >= 0.6 is 22.9 Å². The number of fused-ring (bicyclic) bond motifs is 2. The average Bonchev–Trinajstić information content (AvgIpc) is 3.53. The van der Waals surface area contributed by atoms with Gasteiger partial charge in [0.25, 0.3) is 5.91 Å². The average molecular weight is 539 g/mol. The van der Waals surface area contributed by atoms with Crippen LogP contribution in [0, 0.1) is 11.6 Å². The summed E-state index contributed by atoms with van der Waals surface area (Å²) in [7, 11) is 0. The van der Waals surface area contributed by atoms with Gasteiger partial charge >= 0.3 is 0 Å². The Bertz CT molecular complexity index is 1790. The number of aromatic hydroxyl groups is 1. The van der Waals surface area contributed by atoms with E-state index in [1.807, 2.05) is 0 Å². The summed E-state index contributed by atoms with van der Waals surface area (Å²) >= 11 is 6.85. The molecule has 37 heavy (non-hydrogen) atoms. The van der Waals surface area contributed by atoms with Crippen molar-refractivity contribution in [2.75, 3.05) is 4.90 Å². The molecule has 0 spiro atoms. The molecule has 0 bridgehead atoms. The smallest absolute Gasteiger partial charge is 0.296 e. The molecule has 1 atom stereocenters. The fourth-order valence-electron chi connectivity index (χ4n) is 4.31. The number of carbonyl (C=O) groups is 2. The maximum absolute atomic E-state index is 14.4. The molecule has 1 unspecified atom stereocenters. The Labute approximate surface area is 215 Å². The number of ketones is 1. The molecule has 2 aromatic heterocycles. The van der Waals surface area contributed by atoms with Crippen LogP contribution in [-0.4, -0.2) is 26.9 Å². The molecule has 184 valence electrons. The number of aromatic nitrogens is 1. The van der Waals surface area contributed by atoms with Gasteiger partial charge in [-0.25, -0.2) is 13.8 Å². The predicted octanol–water partition coefficient (Wildman–Crippen LogP) is 6.46. The van der Waals surface area contributed by atoms with Gasteiger partial charge in [-0.1, -0.05) is 35.1 Å². The molecule has 0 saturated heterocycles. The van der Waals surface area contributed by atoms with Crippen molar-refractivity contribution < 1.29 is 33.0 Å². The predicted molar refractivity (Wildman–Crippen MR) is 133 cm³/mol. The molecule has 2 N–H and O–H groups in total. The Balaban J connectivity index is 1.52. The van der Waals surface area contributed by atoms with E-state index in [1.165, 1.54) is 30.3 Å². The van der Waals surface area contributed by atoms with E-state index in [9.17, 15) is 28.6 Å². The fraction of sp³-hybridized carbons (Fsp3) is 0.0385. The number of phenols is 1. The Kier molecular flexibility index (Phi) is 5.25. The quantitative estimate of drug-likeness (QED) is 0.254. The number of Topliss-reactive ketones (excluding diaryl/α,β-unsaturated/α-hetero) is 1. The van der Waals surface area contributed by atoms with Crippen molar-refractivity contribution in [2.45, 2.75) is 6.04 Å². The zero-order valence-corrected chi connectivity index (χ0v) is 20.0. The number of benzene rings is 3. The van der Waals surface area contributed by atoms with E-state index in [-0.39, 0.29) is 32.4 Å². The van der Waals surface area contributed by atoms with Gasteiger partial charge in [-0.3, -0.25) is 14.5 Å². The van der Waals surface area contributed by atoms with Gasteiger partial charge in [-0.2, -0.15) is 0 Å². The molecule has 3 heterocycles. The van der Waals surface area contributed by atoms with Crippen LogP contribution in [0.25, 0.3) is 21.2 Å². The van der Waals surface area contributed by atoms with Crippen molar-refractivity contribution in [1.29, 1.82) is 0 Å². The van der Waals surface area contributed by atoms with Gasteiger partial charge in [0.1, 0.15) is 22.7 Å². The second kappa shape index (κ2) is 8.39. The number of rotatable bonds is 4. The highest BCUT2D eigenvalue weighted by molar-refractivity contribution is 7.22. The molecular formula is C26H13ClF2N2O5S. The zero-order valence-electron chi connectivity index (χ0n) is 18.4. The Hall–Kier alpha value is -4.28. The topological polar surface area (TPSA) is 104 Å². The number of hydrogen-bond donors (Lipinski definition) is 2. The van der Waals surface area contributed by atoms with Crippen molar-refractivity contribution in [3.63, 3.8) is 0 Å². The molecule has 3 aromatic carbocycles. The van der Waals surface area contributed by atoms with Gasteiger partial charge in [-0.15, -0.1) is 0 Å². The largest absolute Gasteiger partial charge is 0.508 e. The lowest BCUT2D eigenvalue weighted by molar-refractivity contribution is -0.117. The SMILES string of the molecule is O=C(C1=C(O)C(=O)N(c2nc3c(F)cc(F)cc3s2)C1c1ccc(O)cc1)c1cc2cc(Cl)ccc2o1. The maximum atomic E-state index is 14.4. The van der Waals surface area contributed by atoms with Crippen LogP contribution in [0.15, 0.2) is 76.4 Å². The first-order valence-corrected chi connectivity index (χ1v) is 12.0. The zero-order chi connectivity index (χ0) is 26.0. The van der Waals surface area contributed by atoms with Crippen LogP contribution in [0.3, 0.4) is 0 Å². The fourth-order valence-corrected chi connectivity index (χ4v) is 5.53. The summed E-state index contributed by atoms with van der Waals surface area (Å²) in [6.07, 6.45) is 0. The number of nitrogens with zero attached hydrogens (tertiary/aromatic N) is 2. The van der Waals surface area contributed by atoms with Gasteiger partial charge in [-0.05, 0) is 48.0 Å². The third-order valence-corrected chi connectivity index (χ3v) is 7.21. The molecular weight excluding hydrogens is 526 g/mol. The van der Waals surface area contributed by atoms with Gasteiger partial charge < -0.3 is 14.6 Å². The normalized spacial score (nSPS) is 15.9. The molecule has 11 heteroatoms. The summed E-state index contributed by atoms with van der Waals surface area (Å²) in [6, 6.07) is 12.4. The van der Waals surface area contributed by atoms with Gasteiger partial charge in [0, 0.05) is 16.5 Å². The van der Waals surface area contributed by atoms with Crippen molar-refractivity contribution in [3.05, 3.63) is 100.0 Å². The number of phenolic OH excluding ortho intramolecular Hbond substituents is 1. The molecule has 1 amide bonds. The van der Waals surface area contributed by atoms with Gasteiger partial charge in [0.15, 0.2) is 22.5 Å². The number of hydrogen-bond acceptors (Lipinski definition) is 7. The molecule has 0 aliphatic carbocycles. The van der Waals surface area contributed by atoms with Crippen molar-refractivity contribution in [3.8, 4) is 5.75 Å². The molecule has 5 aromatic rings. The Morgan fingerprint density at radius 3 is 2.57 bits per heavy atom. The highest BCUT2D eigenvalue weighted by Crippen LogP contribution is 2.45.